The summed E-state index contributed by atoms with van der Waals surface area (Å²) in [4.78, 5) is 11.6. The van der Waals surface area contributed by atoms with Crippen molar-refractivity contribution in [1.82, 2.24) is 0 Å². The summed E-state index contributed by atoms with van der Waals surface area (Å²) in [6.45, 7) is 10.3. The number of rotatable bonds is 5. The minimum atomic E-state index is 0.157. The molecule has 0 aliphatic carbocycles. The zero-order valence-corrected chi connectivity index (χ0v) is 10.1. The van der Waals surface area contributed by atoms with Gasteiger partial charge in [0.25, 0.3) is 0 Å². The molecule has 0 aliphatic heterocycles. The normalized spacial score (nSPS) is 15.5. The number of ketones is 1. The zero-order valence-electron chi connectivity index (χ0n) is 10.1. The van der Waals surface area contributed by atoms with Crippen LogP contribution in [0.3, 0.4) is 0 Å². The van der Waals surface area contributed by atoms with E-state index in [2.05, 4.69) is 20.8 Å². The van der Waals surface area contributed by atoms with Gasteiger partial charge >= 0.3 is 0 Å². The number of carbonyl (C=O) groups is 1. The largest absolute Gasteiger partial charge is 0.290 e. The van der Waals surface area contributed by atoms with Crippen molar-refractivity contribution in [3.63, 3.8) is 0 Å². The van der Waals surface area contributed by atoms with E-state index in [1.54, 1.807) is 12.2 Å². The molecule has 0 saturated heterocycles. The van der Waals surface area contributed by atoms with E-state index in [0.29, 0.717) is 5.92 Å². The second-order valence-corrected chi connectivity index (χ2v) is 3.68. The van der Waals surface area contributed by atoms with Crippen LogP contribution in [0.25, 0.3) is 0 Å². The van der Waals surface area contributed by atoms with Crippen LogP contribution in [-0.2, 0) is 4.79 Å². The van der Waals surface area contributed by atoms with Gasteiger partial charge in [0.2, 0.25) is 0 Å². The Bertz CT molecular complexity index is 246. The molecule has 14 heavy (non-hydrogen) atoms. The third-order valence-electron chi connectivity index (χ3n) is 2.76. The molecule has 0 aliphatic rings. The van der Waals surface area contributed by atoms with E-state index in [-0.39, 0.29) is 5.78 Å². The first-order valence-electron chi connectivity index (χ1n) is 5.45. The van der Waals surface area contributed by atoms with E-state index < -0.39 is 0 Å². The Labute approximate surface area is 87.9 Å². The number of carbonyl (C=O) groups excluding carboxylic acids is 1. The summed E-state index contributed by atoms with van der Waals surface area (Å²) in [5.74, 6) is 0.679. The molecule has 1 nitrogen and oxygen atoms in total. The molecule has 0 aromatic rings. The standard InChI is InChI=1S/C13H22O/c1-6-9-13(14)11(5)12(8-3)10(4)7-2/h6,9-10H,7-8H2,1-5H3/b9-6+,12-11?. The highest BCUT2D eigenvalue weighted by Crippen LogP contribution is 2.22. The Balaban J connectivity index is 4.91. The Hall–Kier alpha value is -0.850. The molecule has 0 aromatic carbocycles. The molecule has 1 heteroatoms. The fourth-order valence-electron chi connectivity index (χ4n) is 1.66. The maximum Gasteiger partial charge on any atom is 0.181 e. The summed E-state index contributed by atoms with van der Waals surface area (Å²) in [5.41, 5.74) is 2.23. The maximum absolute atomic E-state index is 11.6. The smallest absolute Gasteiger partial charge is 0.181 e. The molecule has 0 radical (unpaired) electrons. The van der Waals surface area contributed by atoms with Crippen molar-refractivity contribution in [1.29, 1.82) is 0 Å². The van der Waals surface area contributed by atoms with Crippen LogP contribution in [0.2, 0.25) is 0 Å². The van der Waals surface area contributed by atoms with Gasteiger partial charge in [0.15, 0.2) is 5.78 Å². The quantitative estimate of drug-likeness (QED) is 0.606. The van der Waals surface area contributed by atoms with Crippen LogP contribution in [0.15, 0.2) is 23.3 Å². The van der Waals surface area contributed by atoms with Crippen molar-refractivity contribution < 1.29 is 4.79 Å². The van der Waals surface area contributed by atoms with Gasteiger partial charge in [-0.15, -0.1) is 0 Å². The minimum absolute atomic E-state index is 0.157. The fourth-order valence-corrected chi connectivity index (χ4v) is 1.66. The summed E-state index contributed by atoms with van der Waals surface area (Å²) >= 11 is 0. The van der Waals surface area contributed by atoms with Crippen molar-refractivity contribution in [2.24, 2.45) is 5.92 Å². The van der Waals surface area contributed by atoms with Crippen molar-refractivity contribution in [2.45, 2.75) is 47.5 Å². The van der Waals surface area contributed by atoms with Crippen molar-refractivity contribution in [3.8, 4) is 0 Å². The lowest BCUT2D eigenvalue weighted by Gasteiger charge is -2.15. The van der Waals surface area contributed by atoms with Crippen LogP contribution >= 0.6 is 0 Å². The molecular weight excluding hydrogens is 172 g/mol. The molecule has 0 bridgehead atoms. The highest BCUT2D eigenvalue weighted by Gasteiger charge is 2.11. The van der Waals surface area contributed by atoms with Crippen molar-refractivity contribution in [3.05, 3.63) is 23.3 Å². The lowest BCUT2D eigenvalue weighted by Crippen LogP contribution is -2.05. The Morgan fingerprint density at radius 3 is 2.29 bits per heavy atom. The topological polar surface area (TPSA) is 17.1 Å². The van der Waals surface area contributed by atoms with E-state index >= 15 is 0 Å². The predicted molar refractivity (Wildman–Crippen MR) is 62.3 cm³/mol. The first-order chi connectivity index (χ1) is 6.58. The molecule has 0 aromatic heterocycles. The van der Waals surface area contributed by atoms with Crippen LogP contribution in [0.5, 0.6) is 0 Å². The molecular formula is C13H22O. The summed E-state index contributed by atoms with van der Waals surface area (Å²) in [5, 5.41) is 0. The van der Waals surface area contributed by atoms with E-state index in [1.165, 1.54) is 5.57 Å². The summed E-state index contributed by atoms with van der Waals surface area (Å²) in [6.07, 6.45) is 5.52. The fraction of sp³-hybridized carbons (Fsp3) is 0.615. The van der Waals surface area contributed by atoms with Gasteiger partial charge in [0.05, 0.1) is 0 Å². The molecule has 80 valence electrons. The van der Waals surface area contributed by atoms with Crippen LogP contribution in [0, 0.1) is 5.92 Å². The summed E-state index contributed by atoms with van der Waals surface area (Å²) < 4.78 is 0. The Morgan fingerprint density at radius 1 is 1.36 bits per heavy atom. The first-order valence-corrected chi connectivity index (χ1v) is 5.45. The van der Waals surface area contributed by atoms with Gasteiger partial charge < -0.3 is 0 Å². The summed E-state index contributed by atoms with van der Waals surface area (Å²) in [6, 6.07) is 0. The minimum Gasteiger partial charge on any atom is -0.290 e. The predicted octanol–water partition coefficient (Wildman–Crippen LogP) is 3.90. The van der Waals surface area contributed by atoms with Gasteiger partial charge in [-0.25, -0.2) is 0 Å². The molecule has 1 atom stereocenters. The maximum atomic E-state index is 11.6. The van der Waals surface area contributed by atoms with Crippen molar-refractivity contribution in [2.75, 3.05) is 0 Å². The molecule has 0 fully saturated rings. The second kappa shape index (κ2) is 6.58. The highest BCUT2D eigenvalue weighted by atomic mass is 16.1. The van der Waals surface area contributed by atoms with Gasteiger partial charge in [0.1, 0.15) is 0 Å². The average molecular weight is 194 g/mol. The number of allylic oxidation sites excluding steroid dienone is 4. The van der Waals surface area contributed by atoms with Crippen LogP contribution < -0.4 is 0 Å². The van der Waals surface area contributed by atoms with Gasteiger partial charge in [-0.1, -0.05) is 32.4 Å². The first kappa shape index (κ1) is 13.2. The van der Waals surface area contributed by atoms with Gasteiger partial charge in [0, 0.05) is 0 Å². The van der Waals surface area contributed by atoms with Gasteiger partial charge in [-0.05, 0) is 44.3 Å². The Kier molecular flexibility index (Phi) is 6.18. The second-order valence-electron chi connectivity index (χ2n) is 3.68. The monoisotopic (exact) mass is 194 g/mol. The molecule has 0 amide bonds. The molecule has 0 spiro atoms. The molecule has 0 rings (SSSR count). The van der Waals surface area contributed by atoms with Gasteiger partial charge in [-0.3, -0.25) is 4.79 Å². The van der Waals surface area contributed by atoms with E-state index in [9.17, 15) is 4.79 Å². The van der Waals surface area contributed by atoms with Gasteiger partial charge in [-0.2, -0.15) is 0 Å². The Morgan fingerprint density at radius 2 is 1.93 bits per heavy atom. The average Bonchev–Trinajstić information content (AvgIpc) is 2.18. The third-order valence-corrected chi connectivity index (χ3v) is 2.76. The molecule has 0 N–H and O–H groups in total. The number of hydrogen-bond donors (Lipinski definition) is 0. The molecule has 1 unspecified atom stereocenters. The van der Waals surface area contributed by atoms with E-state index in [4.69, 9.17) is 0 Å². The highest BCUT2D eigenvalue weighted by molar-refractivity contribution is 6.04. The lowest BCUT2D eigenvalue weighted by atomic mass is 9.90. The molecule has 0 saturated carbocycles. The van der Waals surface area contributed by atoms with Crippen LogP contribution in [0.1, 0.15) is 47.5 Å². The van der Waals surface area contributed by atoms with E-state index in [1.807, 2.05) is 13.8 Å². The zero-order chi connectivity index (χ0) is 11.1. The van der Waals surface area contributed by atoms with E-state index in [0.717, 1.165) is 18.4 Å². The molecule has 0 heterocycles. The van der Waals surface area contributed by atoms with Crippen LogP contribution in [0.4, 0.5) is 0 Å². The van der Waals surface area contributed by atoms with Crippen LogP contribution in [-0.4, -0.2) is 5.78 Å². The number of hydrogen-bond acceptors (Lipinski definition) is 1. The third kappa shape index (κ3) is 3.49. The summed E-state index contributed by atoms with van der Waals surface area (Å²) in [7, 11) is 0. The lowest BCUT2D eigenvalue weighted by molar-refractivity contribution is -0.111. The van der Waals surface area contributed by atoms with Crippen molar-refractivity contribution >= 4 is 5.78 Å². The SMILES string of the molecule is C/C=C/C(=O)C(C)=C(CC)C(C)CC.